The molecule has 0 aromatic carbocycles. The SMILES string of the molecule is Cc1cnc(Nc2nc(-c3ccc(OC(C)C)cn3)ns2)c(C(F)(F)F)c1. The molecule has 142 valence electrons. The summed E-state index contributed by atoms with van der Waals surface area (Å²) in [6.45, 7) is 5.36. The van der Waals surface area contributed by atoms with E-state index in [1.807, 2.05) is 13.8 Å². The van der Waals surface area contributed by atoms with Crippen molar-refractivity contribution in [3.63, 3.8) is 0 Å². The van der Waals surface area contributed by atoms with Crippen LogP contribution in [0.1, 0.15) is 25.0 Å². The fraction of sp³-hybridized carbons (Fsp3) is 0.294. The van der Waals surface area contributed by atoms with Crippen molar-refractivity contribution in [2.75, 3.05) is 5.32 Å². The number of nitrogens with zero attached hydrogens (tertiary/aromatic N) is 4. The van der Waals surface area contributed by atoms with E-state index in [1.54, 1.807) is 25.3 Å². The maximum absolute atomic E-state index is 13.2. The predicted octanol–water partition coefficient (Wildman–Crippen LogP) is 4.85. The van der Waals surface area contributed by atoms with Crippen molar-refractivity contribution >= 4 is 22.5 Å². The minimum Gasteiger partial charge on any atom is -0.489 e. The van der Waals surface area contributed by atoms with Gasteiger partial charge in [0.05, 0.1) is 17.9 Å². The van der Waals surface area contributed by atoms with Crippen molar-refractivity contribution in [3.8, 4) is 17.3 Å². The Hall–Kier alpha value is -2.75. The van der Waals surface area contributed by atoms with E-state index in [9.17, 15) is 13.2 Å². The van der Waals surface area contributed by atoms with Gasteiger partial charge in [-0.05, 0) is 44.5 Å². The third kappa shape index (κ3) is 4.70. The Kier molecular flexibility index (Phi) is 5.26. The average molecular weight is 395 g/mol. The lowest BCUT2D eigenvalue weighted by molar-refractivity contribution is -0.137. The second-order valence-electron chi connectivity index (χ2n) is 6.00. The molecule has 3 aromatic rings. The molecule has 10 heteroatoms. The number of aromatic nitrogens is 4. The van der Waals surface area contributed by atoms with Crippen molar-refractivity contribution in [2.24, 2.45) is 0 Å². The van der Waals surface area contributed by atoms with Crippen molar-refractivity contribution in [1.29, 1.82) is 0 Å². The topological polar surface area (TPSA) is 72.8 Å². The Morgan fingerprint density at radius 2 is 1.93 bits per heavy atom. The van der Waals surface area contributed by atoms with Crippen LogP contribution in [-0.4, -0.2) is 25.4 Å². The summed E-state index contributed by atoms with van der Waals surface area (Å²) in [6.07, 6.45) is -1.60. The van der Waals surface area contributed by atoms with Gasteiger partial charge in [-0.3, -0.25) is 0 Å². The van der Waals surface area contributed by atoms with Crippen LogP contribution in [-0.2, 0) is 6.18 Å². The monoisotopic (exact) mass is 395 g/mol. The first-order chi connectivity index (χ1) is 12.7. The van der Waals surface area contributed by atoms with E-state index in [-0.39, 0.29) is 17.1 Å². The summed E-state index contributed by atoms with van der Waals surface area (Å²) in [7, 11) is 0. The molecule has 0 amide bonds. The molecule has 0 bridgehead atoms. The first kappa shape index (κ1) is 19.0. The maximum Gasteiger partial charge on any atom is 0.419 e. The Balaban J connectivity index is 1.81. The molecular formula is C17H16F3N5OS. The van der Waals surface area contributed by atoms with Gasteiger partial charge in [-0.1, -0.05) is 0 Å². The van der Waals surface area contributed by atoms with Gasteiger partial charge in [-0.2, -0.15) is 22.5 Å². The molecule has 3 rings (SSSR count). The molecule has 3 aromatic heterocycles. The lowest BCUT2D eigenvalue weighted by Gasteiger charge is -2.12. The molecular weight excluding hydrogens is 379 g/mol. The van der Waals surface area contributed by atoms with Gasteiger partial charge in [-0.25, -0.2) is 9.97 Å². The molecule has 3 heterocycles. The normalized spacial score (nSPS) is 11.7. The molecule has 0 saturated carbocycles. The van der Waals surface area contributed by atoms with Gasteiger partial charge in [0, 0.05) is 17.7 Å². The average Bonchev–Trinajstić information content (AvgIpc) is 3.04. The summed E-state index contributed by atoms with van der Waals surface area (Å²) >= 11 is 0.927. The summed E-state index contributed by atoms with van der Waals surface area (Å²) in [5.41, 5.74) is 0.0506. The van der Waals surface area contributed by atoms with Crippen LogP contribution in [0.4, 0.5) is 24.1 Å². The standard InChI is InChI=1S/C17H16F3N5OS/c1-9(2)26-11-4-5-13(21-8-11)15-24-16(27-25-15)23-14-12(17(18,19)20)6-10(3)7-22-14/h4-9H,1-3H3,(H,22,23,24,25). The third-order valence-corrected chi connectivity index (χ3v) is 3.95. The van der Waals surface area contributed by atoms with E-state index in [0.29, 0.717) is 22.8 Å². The second kappa shape index (κ2) is 7.47. The number of nitrogens with one attached hydrogen (secondary N) is 1. The van der Waals surface area contributed by atoms with E-state index in [2.05, 4.69) is 24.6 Å². The van der Waals surface area contributed by atoms with Crippen LogP contribution in [0.15, 0.2) is 30.6 Å². The highest BCUT2D eigenvalue weighted by molar-refractivity contribution is 7.09. The number of anilines is 2. The van der Waals surface area contributed by atoms with Gasteiger partial charge < -0.3 is 10.1 Å². The minimum absolute atomic E-state index is 0.0238. The molecule has 1 N–H and O–H groups in total. The molecule has 27 heavy (non-hydrogen) atoms. The maximum atomic E-state index is 13.2. The Labute approximate surface area is 157 Å². The molecule has 0 aliphatic rings. The van der Waals surface area contributed by atoms with E-state index in [4.69, 9.17) is 4.74 Å². The molecule has 0 fully saturated rings. The predicted molar refractivity (Wildman–Crippen MR) is 96.2 cm³/mol. The summed E-state index contributed by atoms with van der Waals surface area (Å²) in [4.78, 5) is 12.3. The van der Waals surface area contributed by atoms with Gasteiger partial charge in [0.15, 0.2) is 5.82 Å². The highest BCUT2D eigenvalue weighted by Gasteiger charge is 2.34. The van der Waals surface area contributed by atoms with Crippen molar-refractivity contribution < 1.29 is 17.9 Å². The van der Waals surface area contributed by atoms with Crippen LogP contribution < -0.4 is 10.1 Å². The quantitative estimate of drug-likeness (QED) is 0.666. The Bertz CT molecular complexity index is 925. The summed E-state index contributed by atoms with van der Waals surface area (Å²) in [5.74, 6) is 0.602. The van der Waals surface area contributed by atoms with Crippen molar-refractivity contribution in [3.05, 3.63) is 41.7 Å². The third-order valence-electron chi connectivity index (χ3n) is 3.32. The van der Waals surface area contributed by atoms with Gasteiger partial charge >= 0.3 is 6.18 Å². The Morgan fingerprint density at radius 3 is 2.56 bits per heavy atom. The summed E-state index contributed by atoms with van der Waals surface area (Å²) in [5, 5.41) is 2.79. The number of hydrogen-bond donors (Lipinski definition) is 1. The first-order valence-electron chi connectivity index (χ1n) is 8.00. The van der Waals surface area contributed by atoms with E-state index < -0.39 is 11.7 Å². The number of aryl methyl sites for hydroxylation is 1. The molecule has 0 spiro atoms. The van der Waals surface area contributed by atoms with E-state index >= 15 is 0 Å². The van der Waals surface area contributed by atoms with Gasteiger partial charge in [0.2, 0.25) is 5.13 Å². The number of halogens is 3. The van der Waals surface area contributed by atoms with Crippen LogP contribution in [0.3, 0.4) is 0 Å². The van der Waals surface area contributed by atoms with Crippen molar-refractivity contribution in [1.82, 2.24) is 19.3 Å². The smallest absolute Gasteiger partial charge is 0.419 e. The Morgan fingerprint density at radius 1 is 1.15 bits per heavy atom. The zero-order valence-corrected chi connectivity index (χ0v) is 15.5. The molecule has 0 aliphatic heterocycles. The second-order valence-corrected chi connectivity index (χ2v) is 6.75. The summed E-state index contributed by atoms with van der Waals surface area (Å²) < 4.78 is 49.2. The fourth-order valence-electron chi connectivity index (χ4n) is 2.22. The molecule has 0 atom stereocenters. The minimum atomic E-state index is -4.53. The van der Waals surface area contributed by atoms with E-state index in [0.717, 1.165) is 17.6 Å². The van der Waals surface area contributed by atoms with Crippen LogP contribution in [0.2, 0.25) is 0 Å². The molecule has 0 radical (unpaired) electrons. The molecule has 6 nitrogen and oxygen atoms in total. The number of hydrogen-bond acceptors (Lipinski definition) is 7. The number of pyridine rings is 2. The highest BCUT2D eigenvalue weighted by atomic mass is 32.1. The fourth-order valence-corrected chi connectivity index (χ4v) is 2.80. The zero-order valence-electron chi connectivity index (χ0n) is 14.7. The van der Waals surface area contributed by atoms with Crippen molar-refractivity contribution in [2.45, 2.75) is 33.1 Å². The van der Waals surface area contributed by atoms with Crippen LogP contribution in [0, 0.1) is 6.92 Å². The number of ether oxygens (including phenoxy) is 1. The van der Waals surface area contributed by atoms with Crippen LogP contribution >= 0.6 is 11.5 Å². The van der Waals surface area contributed by atoms with Gasteiger partial charge in [0.25, 0.3) is 0 Å². The molecule has 0 saturated heterocycles. The molecule has 0 unspecified atom stereocenters. The van der Waals surface area contributed by atoms with Crippen LogP contribution in [0.25, 0.3) is 11.5 Å². The van der Waals surface area contributed by atoms with E-state index in [1.165, 1.54) is 6.20 Å². The van der Waals surface area contributed by atoms with Gasteiger partial charge in [-0.15, -0.1) is 0 Å². The highest BCUT2D eigenvalue weighted by Crippen LogP contribution is 2.35. The number of alkyl halides is 3. The molecule has 0 aliphatic carbocycles. The summed E-state index contributed by atoms with van der Waals surface area (Å²) in [6, 6.07) is 4.46. The van der Waals surface area contributed by atoms with Gasteiger partial charge in [0.1, 0.15) is 17.3 Å². The zero-order chi connectivity index (χ0) is 19.6. The largest absolute Gasteiger partial charge is 0.489 e. The number of rotatable bonds is 5. The lowest BCUT2D eigenvalue weighted by atomic mass is 10.2. The first-order valence-corrected chi connectivity index (χ1v) is 8.77. The lowest BCUT2D eigenvalue weighted by Crippen LogP contribution is -2.10. The van der Waals surface area contributed by atoms with Crippen LogP contribution in [0.5, 0.6) is 5.75 Å².